The number of amides is 1. The van der Waals surface area contributed by atoms with E-state index >= 15 is 0 Å². The Kier molecular flexibility index (Phi) is 5.10. The predicted octanol–water partition coefficient (Wildman–Crippen LogP) is 1.91. The van der Waals surface area contributed by atoms with Crippen molar-refractivity contribution in [1.82, 2.24) is 15.1 Å². The number of aromatic nitrogens is 2. The number of nitrogens with zero attached hydrogens (tertiary/aromatic N) is 2. The summed E-state index contributed by atoms with van der Waals surface area (Å²) in [7, 11) is 0. The maximum atomic E-state index is 12.9. The van der Waals surface area contributed by atoms with Crippen LogP contribution in [-0.2, 0) is 0 Å². The standard InChI is InChI=1S/C17H21FN4O2/c18-13-3-5-14(6-4-13)24-9-8-22-7-1-2-12(11-22)16-15(17(19)23)10-20-21-16/h3-6,10,12H,1-2,7-9,11H2,(H2,19,23)(H,20,21). The molecule has 2 heterocycles. The second-order valence-corrected chi connectivity index (χ2v) is 6.00. The Morgan fingerprint density at radius 3 is 2.96 bits per heavy atom. The Morgan fingerprint density at radius 2 is 2.21 bits per heavy atom. The number of likely N-dealkylation sites (tertiary alicyclic amines) is 1. The first kappa shape index (κ1) is 16.4. The van der Waals surface area contributed by atoms with Gasteiger partial charge in [-0.25, -0.2) is 4.39 Å². The summed E-state index contributed by atoms with van der Waals surface area (Å²) in [6, 6.07) is 6.02. The van der Waals surface area contributed by atoms with E-state index < -0.39 is 5.91 Å². The lowest BCUT2D eigenvalue weighted by molar-refractivity contribution is 0.0997. The van der Waals surface area contributed by atoms with Gasteiger partial charge < -0.3 is 10.5 Å². The Balaban J connectivity index is 1.53. The van der Waals surface area contributed by atoms with Crippen LogP contribution in [0.1, 0.15) is 34.8 Å². The zero-order valence-corrected chi connectivity index (χ0v) is 13.4. The van der Waals surface area contributed by atoms with Gasteiger partial charge in [0.15, 0.2) is 0 Å². The number of piperidine rings is 1. The van der Waals surface area contributed by atoms with Crippen LogP contribution < -0.4 is 10.5 Å². The fourth-order valence-corrected chi connectivity index (χ4v) is 3.12. The predicted molar refractivity (Wildman–Crippen MR) is 87.4 cm³/mol. The lowest BCUT2D eigenvalue weighted by Crippen LogP contribution is -2.37. The van der Waals surface area contributed by atoms with Crippen molar-refractivity contribution in [2.24, 2.45) is 5.73 Å². The first-order valence-electron chi connectivity index (χ1n) is 8.07. The van der Waals surface area contributed by atoms with Gasteiger partial charge in [0, 0.05) is 19.0 Å². The molecule has 2 aromatic rings. The number of rotatable bonds is 6. The van der Waals surface area contributed by atoms with E-state index in [0.29, 0.717) is 17.9 Å². The fourth-order valence-electron chi connectivity index (χ4n) is 3.12. The summed E-state index contributed by atoms with van der Waals surface area (Å²) in [5.74, 6) is 0.158. The highest BCUT2D eigenvalue weighted by Crippen LogP contribution is 2.27. The first-order chi connectivity index (χ1) is 11.6. The third-order valence-electron chi connectivity index (χ3n) is 4.34. The monoisotopic (exact) mass is 332 g/mol. The van der Waals surface area contributed by atoms with Crippen LogP contribution in [0.25, 0.3) is 0 Å². The Morgan fingerprint density at radius 1 is 1.42 bits per heavy atom. The molecule has 1 aromatic heterocycles. The zero-order valence-electron chi connectivity index (χ0n) is 13.4. The molecule has 0 bridgehead atoms. The summed E-state index contributed by atoms with van der Waals surface area (Å²) in [5, 5.41) is 6.87. The van der Waals surface area contributed by atoms with Gasteiger partial charge in [0.2, 0.25) is 0 Å². The number of benzene rings is 1. The van der Waals surface area contributed by atoms with Crippen molar-refractivity contribution >= 4 is 5.91 Å². The minimum absolute atomic E-state index is 0.217. The van der Waals surface area contributed by atoms with Crippen molar-refractivity contribution in [3.63, 3.8) is 0 Å². The van der Waals surface area contributed by atoms with Crippen LogP contribution in [0.15, 0.2) is 30.5 Å². The van der Waals surface area contributed by atoms with Crippen molar-refractivity contribution in [2.75, 3.05) is 26.2 Å². The molecule has 1 aliphatic rings. The van der Waals surface area contributed by atoms with Crippen LogP contribution >= 0.6 is 0 Å². The number of nitrogens with one attached hydrogen (secondary N) is 1. The van der Waals surface area contributed by atoms with Crippen molar-refractivity contribution in [2.45, 2.75) is 18.8 Å². The third-order valence-corrected chi connectivity index (χ3v) is 4.34. The SMILES string of the molecule is NC(=O)c1cn[nH]c1C1CCCN(CCOc2ccc(F)cc2)C1. The smallest absolute Gasteiger partial charge is 0.252 e. The van der Waals surface area contributed by atoms with Gasteiger partial charge in [-0.3, -0.25) is 14.8 Å². The van der Waals surface area contributed by atoms with Crippen LogP contribution in [0.5, 0.6) is 5.75 Å². The summed E-state index contributed by atoms with van der Waals surface area (Å²) in [5.41, 5.74) is 6.70. The molecule has 7 heteroatoms. The van der Waals surface area contributed by atoms with E-state index in [-0.39, 0.29) is 11.7 Å². The number of aromatic amines is 1. The third kappa shape index (κ3) is 3.91. The molecule has 1 atom stereocenters. The van der Waals surface area contributed by atoms with E-state index in [1.54, 1.807) is 12.1 Å². The number of ether oxygens (including phenoxy) is 1. The molecular formula is C17H21FN4O2. The number of hydrogen-bond donors (Lipinski definition) is 2. The van der Waals surface area contributed by atoms with Crippen LogP contribution in [-0.4, -0.2) is 47.2 Å². The molecular weight excluding hydrogens is 311 g/mol. The molecule has 1 aliphatic heterocycles. The zero-order chi connectivity index (χ0) is 16.9. The van der Waals surface area contributed by atoms with E-state index in [2.05, 4.69) is 15.1 Å². The molecule has 0 spiro atoms. The quantitative estimate of drug-likeness (QED) is 0.846. The molecule has 3 rings (SSSR count). The molecule has 1 unspecified atom stereocenters. The summed E-state index contributed by atoms with van der Waals surface area (Å²) in [4.78, 5) is 13.8. The number of carbonyl (C=O) groups excluding carboxylic acids is 1. The van der Waals surface area contributed by atoms with Crippen LogP contribution in [0.4, 0.5) is 4.39 Å². The molecule has 1 aromatic carbocycles. The van der Waals surface area contributed by atoms with Gasteiger partial charge in [-0.2, -0.15) is 5.10 Å². The Labute approximate surface area is 139 Å². The van der Waals surface area contributed by atoms with Crippen molar-refractivity contribution in [1.29, 1.82) is 0 Å². The second kappa shape index (κ2) is 7.44. The number of primary amides is 1. The van der Waals surface area contributed by atoms with E-state index in [9.17, 15) is 9.18 Å². The normalized spacial score (nSPS) is 18.5. The first-order valence-corrected chi connectivity index (χ1v) is 8.07. The molecule has 0 aliphatic carbocycles. The van der Waals surface area contributed by atoms with Gasteiger partial charge in [0.1, 0.15) is 18.2 Å². The van der Waals surface area contributed by atoms with Crippen molar-refractivity contribution in [3.8, 4) is 5.75 Å². The molecule has 1 amide bonds. The average Bonchev–Trinajstić information content (AvgIpc) is 3.07. The summed E-state index contributed by atoms with van der Waals surface area (Å²) >= 11 is 0. The van der Waals surface area contributed by atoms with Crippen molar-refractivity contribution in [3.05, 3.63) is 47.5 Å². The maximum Gasteiger partial charge on any atom is 0.252 e. The molecule has 1 fully saturated rings. The number of carbonyl (C=O) groups is 1. The Bertz CT molecular complexity index is 686. The highest BCUT2D eigenvalue weighted by molar-refractivity contribution is 5.93. The van der Waals surface area contributed by atoms with Gasteiger partial charge in [-0.1, -0.05) is 0 Å². The average molecular weight is 332 g/mol. The van der Waals surface area contributed by atoms with Gasteiger partial charge >= 0.3 is 0 Å². The maximum absolute atomic E-state index is 12.9. The minimum Gasteiger partial charge on any atom is -0.492 e. The van der Waals surface area contributed by atoms with Gasteiger partial charge in [-0.15, -0.1) is 0 Å². The van der Waals surface area contributed by atoms with Gasteiger partial charge in [0.05, 0.1) is 17.5 Å². The van der Waals surface area contributed by atoms with E-state index in [4.69, 9.17) is 10.5 Å². The highest BCUT2D eigenvalue weighted by atomic mass is 19.1. The molecule has 0 radical (unpaired) electrons. The number of nitrogens with two attached hydrogens (primary N) is 1. The van der Waals surface area contributed by atoms with Crippen LogP contribution in [0.3, 0.4) is 0 Å². The van der Waals surface area contributed by atoms with Gasteiger partial charge in [-0.05, 0) is 43.7 Å². The molecule has 0 saturated carbocycles. The minimum atomic E-state index is -0.449. The lowest BCUT2D eigenvalue weighted by Gasteiger charge is -2.32. The van der Waals surface area contributed by atoms with Crippen LogP contribution in [0.2, 0.25) is 0 Å². The van der Waals surface area contributed by atoms with E-state index in [1.807, 2.05) is 0 Å². The molecule has 128 valence electrons. The van der Waals surface area contributed by atoms with Gasteiger partial charge in [0.25, 0.3) is 5.91 Å². The van der Waals surface area contributed by atoms with Crippen LogP contribution in [0, 0.1) is 5.82 Å². The summed E-state index contributed by atoms with van der Waals surface area (Å²) in [6.07, 6.45) is 3.53. The highest BCUT2D eigenvalue weighted by Gasteiger charge is 2.26. The largest absolute Gasteiger partial charge is 0.492 e. The fraction of sp³-hybridized carbons (Fsp3) is 0.412. The Hall–Kier alpha value is -2.41. The van der Waals surface area contributed by atoms with Crippen molar-refractivity contribution < 1.29 is 13.9 Å². The topological polar surface area (TPSA) is 84.2 Å². The molecule has 1 saturated heterocycles. The summed E-state index contributed by atoms with van der Waals surface area (Å²) in [6.45, 7) is 3.12. The second-order valence-electron chi connectivity index (χ2n) is 6.00. The number of halogens is 1. The molecule has 24 heavy (non-hydrogen) atoms. The number of hydrogen-bond acceptors (Lipinski definition) is 4. The molecule has 3 N–H and O–H groups in total. The summed E-state index contributed by atoms with van der Waals surface area (Å²) < 4.78 is 18.5. The number of H-pyrrole nitrogens is 1. The van der Waals surface area contributed by atoms with E-state index in [1.165, 1.54) is 18.3 Å². The van der Waals surface area contributed by atoms with E-state index in [0.717, 1.165) is 38.2 Å². The molecule has 6 nitrogen and oxygen atoms in total. The lowest BCUT2D eigenvalue weighted by atomic mass is 9.92.